The fourth-order valence-electron chi connectivity index (χ4n) is 1.93. The molecule has 0 heterocycles. The quantitative estimate of drug-likeness (QED) is 0.464. The van der Waals surface area contributed by atoms with E-state index in [0.717, 1.165) is 11.1 Å². The van der Waals surface area contributed by atoms with Gasteiger partial charge >= 0.3 is 5.97 Å². The number of carbonyl (C=O) groups is 1. The molecule has 2 aromatic carbocycles. The molecule has 4 heteroatoms. The molecule has 106 valence electrons. The molecule has 0 amide bonds. The van der Waals surface area contributed by atoms with Gasteiger partial charge in [-0.15, -0.1) is 0 Å². The fraction of sp³-hybridized carbons (Fsp3) is 0.176. The molecule has 1 unspecified atom stereocenters. The number of hydrogen-bond donors (Lipinski definition) is 0. The minimum absolute atomic E-state index is 0.0199. The van der Waals surface area contributed by atoms with E-state index in [-0.39, 0.29) is 13.0 Å². The lowest BCUT2D eigenvalue weighted by Gasteiger charge is -2.11. The second-order valence-electron chi connectivity index (χ2n) is 4.50. The number of carbonyl (C=O) groups excluding carboxylic acids is 2. The Bertz CT molecular complexity index is 619. The summed E-state index contributed by atoms with van der Waals surface area (Å²) in [6.45, 7) is 0.214. The van der Waals surface area contributed by atoms with Crippen LogP contribution in [0.4, 0.5) is 0 Å². The average molecular weight is 281 g/mol. The van der Waals surface area contributed by atoms with Crippen LogP contribution in [-0.2, 0) is 20.9 Å². The van der Waals surface area contributed by atoms with Crippen molar-refractivity contribution in [2.24, 2.45) is 4.99 Å². The Balaban J connectivity index is 1.94. The van der Waals surface area contributed by atoms with Gasteiger partial charge in [-0.3, -0.25) is 4.79 Å². The summed E-state index contributed by atoms with van der Waals surface area (Å²) >= 11 is 0. The average Bonchev–Trinajstić information content (AvgIpc) is 2.54. The number of hydrogen-bond acceptors (Lipinski definition) is 4. The monoisotopic (exact) mass is 281 g/mol. The number of isocyanates is 1. The van der Waals surface area contributed by atoms with Crippen LogP contribution in [-0.4, -0.2) is 12.0 Å². The van der Waals surface area contributed by atoms with Gasteiger partial charge in [-0.1, -0.05) is 60.7 Å². The predicted molar refractivity (Wildman–Crippen MR) is 78.2 cm³/mol. The van der Waals surface area contributed by atoms with Crippen molar-refractivity contribution >= 4 is 12.0 Å². The summed E-state index contributed by atoms with van der Waals surface area (Å²) in [7, 11) is 0. The van der Waals surface area contributed by atoms with E-state index in [9.17, 15) is 9.59 Å². The number of aliphatic imine (C=N–C) groups is 1. The molecule has 0 saturated carbocycles. The minimum atomic E-state index is -0.549. The Labute approximate surface area is 123 Å². The Morgan fingerprint density at radius 3 is 2.29 bits per heavy atom. The Morgan fingerprint density at radius 2 is 1.67 bits per heavy atom. The lowest BCUT2D eigenvalue weighted by atomic mass is 10.0. The van der Waals surface area contributed by atoms with Gasteiger partial charge in [-0.05, 0) is 11.1 Å². The molecule has 21 heavy (non-hydrogen) atoms. The van der Waals surface area contributed by atoms with Crippen LogP contribution in [0.5, 0.6) is 0 Å². The van der Waals surface area contributed by atoms with Gasteiger partial charge in [-0.25, -0.2) is 4.79 Å². The fourth-order valence-corrected chi connectivity index (χ4v) is 1.93. The molecular formula is C17H15NO3. The number of ether oxygens (including phenoxy) is 1. The van der Waals surface area contributed by atoms with Gasteiger partial charge in [0, 0.05) is 0 Å². The summed E-state index contributed by atoms with van der Waals surface area (Å²) in [6.07, 6.45) is 1.53. The van der Waals surface area contributed by atoms with Crippen molar-refractivity contribution < 1.29 is 14.3 Å². The molecule has 0 bridgehead atoms. The molecule has 0 N–H and O–H groups in total. The lowest BCUT2D eigenvalue weighted by Crippen LogP contribution is -2.09. The molecule has 0 saturated heterocycles. The molecule has 2 aromatic rings. The number of nitrogens with zero attached hydrogens (tertiary/aromatic N) is 1. The molecule has 0 aromatic heterocycles. The summed E-state index contributed by atoms with van der Waals surface area (Å²) in [5, 5.41) is 0. The molecule has 2 rings (SSSR count). The number of benzene rings is 2. The Hall–Kier alpha value is -2.71. The first-order valence-corrected chi connectivity index (χ1v) is 6.61. The Morgan fingerprint density at radius 1 is 1.05 bits per heavy atom. The Kier molecular flexibility index (Phi) is 5.44. The van der Waals surface area contributed by atoms with Gasteiger partial charge in [0.2, 0.25) is 6.08 Å². The molecule has 4 nitrogen and oxygen atoms in total. The van der Waals surface area contributed by atoms with Crippen LogP contribution < -0.4 is 0 Å². The molecule has 0 aliphatic rings. The standard InChI is InChI=1S/C17H15NO3/c19-13-18-16(15-9-5-2-6-10-15)11-17(20)21-12-14-7-3-1-4-8-14/h1-10,16H,11-12H2. The summed E-state index contributed by atoms with van der Waals surface area (Å²) < 4.78 is 5.20. The molecule has 0 aliphatic heterocycles. The normalized spacial score (nSPS) is 11.2. The topological polar surface area (TPSA) is 55.7 Å². The number of esters is 1. The highest BCUT2D eigenvalue weighted by Crippen LogP contribution is 2.21. The van der Waals surface area contributed by atoms with E-state index in [0.29, 0.717) is 0 Å². The molecule has 1 atom stereocenters. The van der Waals surface area contributed by atoms with Gasteiger partial charge < -0.3 is 4.74 Å². The first kappa shape index (κ1) is 14.7. The third kappa shape index (κ3) is 4.71. The zero-order valence-corrected chi connectivity index (χ0v) is 11.4. The molecular weight excluding hydrogens is 266 g/mol. The molecule has 0 spiro atoms. The van der Waals surface area contributed by atoms with Crippen molar-refractivity contribution in [3.05, 3.63) is 71.8 Å². The lowest BCUT2D eigenvalue weighted by molar-refractivity contribution is -0.145. The van der Waals surface area contributed by atoms with Crippen LogP contribution >= 0.6 is 0 Å². The maximum absolute atomic E-state index is 11.9. The van der Waals surface area contributed by atoms with Crippen molar-refractivity contribution in [1.82, 2.24) is 0 Å². The third-order valence-corrected chi connectivity index (χ3v) is 3.00. The van der Waals surface area contributed by atoms with Crippen LogP contribution in [0, 0.1) is 0 Å². The van der Waals surface area contributed by atoms with Gasteiger partial charge in [0.15, 0.2) is 0 Å². The van der Waals surface area contributed by atoms with Crippen molar-refractivity contribution in [2.75, 3.05) is 0 Å². The zero-order valence-electron chi connectivity index (χ0n) is 11.4. The van der Waals surface area contributed by atoms with E-state index in [1.54, 1.807) is 0 Å². The van der Waals surface area contributed by atoms with Gasteiger partial charge in [0.25, 0.3) is 0 Å². The van der Waals surface area contributed by atoms with E-state index >= 15 is 0 Å². The highest BCUT2D eigenvalue weighted by molar-refractivity contribution is 5.70. The first-order chi connectivity index (χ1) is 10.3. The van der Waals surface area contributed by atoms with Crippen molar-refractivity contribution in [2.45, 2.75) is 19.1 Å². The van der Waals surface area contributed by atoms with Gasteiger partial charge in [0.05, 0.1) is 12.5 Å². The van der Waals surface area contributed by atoms with Crippen LogP contribution in [0.3, 0.4) is 0 Å². The van der Waals surface area contributed by atoms with Gasteiger partial charge in [-0.2, -0.15) is 4.99 Å². The SMILES string of the molecule is O=C=NC(CC(=O)OCc1ccccc1)c1ccccc1. The zero-order chi connectivity index (χ0) is 14.9. The molecule has 0 radical (unpaired) electrons. The predicted octanol–water partition coefficient (Wildman–Crippen LogP) is 3.20. The molecule has 0 aliphatic carbocycles. The van der Waals surface area contributed by atoms with Gasteiger partial charge in [0.1, 0.15) is 6.61 Å². The van der Waals surface area contributed by atoms with Crippen molar-refractivity contribution in [3.63, 3.8) is 0 Å². The van der Waals surface area contributed by atoms with E-state index < -0.39 is 12.0 Å². The van der Waals surface area contributed by atoms with Crippen LogP contribution in [0.2, 0.25) is 0 Å². The maximum atomic E-state index is 11.9. The highest BCUT2D eigenvalue weighted by atomic mass is 16.5. The van der Waals surface area contributed by atoms with Crippen LogP contribution in [0.15, 0.2) is 65.7 Å². The van der Waals surface area contributed by atoms with Crippen molar-refractivity contribution in [3.8, 4) is 0 Å². The number of rotatable bonds is 6. The van der Waals surface area contributed by atoms with Crippen LogP contribution in [0.1, 0.15) is 23.6 Å². The summed E-state index contributed by atoms with van der Waals surface area (Å²) in [6, 6.07) is 18.0. The van der Waals surface area contributed by atoms with E-state index in [2.05, 4.69) is 4.99 Å². The van der Waals surface area contributed by atoms with Crippen molar-refractivity contribution in [1.29, 1.82) is 0 Å². The molecule has 0 fully saturated rings. The smallest absolute Gasteiger partial charge is 0.308 e. The maximum Gasteiger partial charge on any atom is 0.308 e. The van der Waals surface area contributed by atoms with E-state index in [1.165, 1.54) is 6.08 Å². The van der Waals surface area contributed by atoms with Crippen LogP contribution in [0.25, 0.3) is 0 Å². The largest absolute Gasteiger partial charge is 0.461 e. The minimum Gasteiger partial charge on any atom is -0.461 e. The first-order valence-electron chi connectivity index (χ1n) is 6.61. The van der Waals surface area contributed by atoms with E-state index in [4.69, 9.17) is 4.74 Å². The van der Waals surface area contributed by atoms with E-state index in [1.807, 2.05) is 60.7 Å². The second kappa shape index (κ2) is 7.78. The third-order valence-electron chi connectivity index (χ3n) is 3.00. The highest BCUT2D eigenvalue weighted by Gasteiger charge is 2.16. The summed E-state index contributed by atoms with van der Waals surface area (Å²) in [5.74, 6) is -0.397. The summed E-state index contributed by atoms with van der Waals surface area (Å²) in [4.78, 5) is 26.1. The summed E-state index contributed by atoms with van der Waals surface area (Å²) in [5.41, 5.74) is 1.71. The second-order valence-corrected chi connectivity index (χ2v) is 4.50.